The van der Waals surface area contributed by atoms with E-state index in [1.807, 2.05) is 36.4 Å². The van der Waals surface area contributed by atoms with E-state index >= 15 is 0 Å². The SMILES string of the molecule is O=C(CNc1cc(C2CCCO2)ncn1)OCc1ccccc1. The first kappa shape index (κ1) is 15.4. The van der Waals surface area contributed by atoms with Gasteiger partial charge >= 0.3 is 5.97 Å². The van der Waals surface area contributed by atoms with E-state index in [2.05, 4.69) is 15.3 Å². The Balaban J connectivity index is 1.48. The first-order valence-corrected chi connectivity index (χ1v) is 7.68. The summed E-state index contributed by atoms with van der Waals surface area (Å²) < 4.78 is 10.8. The maximum absolute atomic E-state index is 11.8. The van der Waals surface area contributed by atoms with Gasteiger partial charge in [0.2, 0.25) is 0 Å². The Hall–Kier alpha value is -2.47. The fraction of sp³-hybridized carbons (Fsp3) is 0.353. The summed E-state index contributed by atoms with van der Waals surface area (Å²) in [5.41, 5.74) is 1.81. The van der Waals surface area contributed by atoms with E-state index in [4.69, 9.17) is 9.47 Å². The highest BCUT2D eigenvalue weighted by Crippen LogP contribution is 2.27. The molecule has 0 saturated carbocycles. The highest BCUT2D eigenvalue weighted by molar-refractivity contribution is 5.74. The van der Waals surface area contributed by atoms with Gasteiger partial charge < -0.3 is 14.8 Å². The average molecular weight is 313 g/mol. The largest absolute Gasteiger partial charge is 0.460 e. The molecule has 2 aromatic rings. The Morgan fingerprint density at radius 3 is 2.96 bits per heavy atom. The normalized spacial score (nSPS) is 17.0. The van der Waals surface area contributed by atoms with Gasteiger partial charge in [-0.3, -0.25) is 4.79 Å². The van der Waals surface area contributed by atoms with Crippen molar-refractivity contribution in [3.8, 4) is 0 Å². The van der Waals surface area contributed by atoms with E-state index in [9.17, 15) is 4.79 Å². The Labute approximate surface area is 134 Å². The standard InChI is InChI=1S/C17H19N3O3/c21-17(23-11-13-5-2-1-3-6-13)10-18-16-9-14(19-12-20-16)15-7-4-8-22-15/h1-3,5-6,9,12,15H,4,7-8,10-11H2,(H,18,19,20). The summed E-state index contributed by atoms with van der Waals surface area (Å²) in [6.45, 7) is 1.10. The van der Waals surface area contributed by atoms with Gasteiger partial charge in [-0.15, -0.1) is 0 Å². The number of benzene rings is 1. The van der Waals surface area contributed by atoms with Crippen LogP contribution < -0.4 is 5.32 Å². The van der Waals surface area contributed by atoms with E-state index in [1.54, 1.807) is 0 Å². The summed E-state index contributed by atoms with van der Waals surface area (Å²) in [5, 5.41) is 2.96. The molecule has 0 spiro atoms. The van der Waals surface area contributed by atoms with Crippen molar-refractivity contribution in [1.29, 1.82) is 0 Å². The second kappa shape index (κ2) is 7.69. The van der Waals surface area contributed by atoms with Crippen molar-refractivity contribution in [3.05, 3.63) is 54.0 Å². The number of nitrogens with one attached hydrogen (secondary N) is 1. The average Bonchev–Trinajstić information content (AvgIpc) is 3.14. The lowest BCUT2D eigenvalue weighted by Gasteiger charge is -2.10. The van der Waals surface area contributed by atoms with Gasteiger partial charge in [0.15, 0.2) is 0 Å². The predicted octanol–water partition coefficient (Wildman–Crippen LogP) is 2.48. The minimum Gasteiger partial charge on any atom is -0.460 e. The van der Waals surface area contributed by atoms with Crippen LogP contribution in [-0.4, -0.2) is 29.1 Å². The first-order valence-electron chi connectivity index (χ1n) is 7.68. The number of anilines is 1. The molecular weight excluding hydrogens is 294 g/mol. The topological polar surface area (TPSA) is 73.3 Å². The van der Waals surface area contributed by atoms with Crippen LogP contribution >= 0.6 is 0 Å². The van der Waals surface area contributed by atoms with E-state index in [1.165, 1.54) is 6.33 Å². The summed E-state index contributed by atoms with van der Waals surface area (Å²) in [6.07, 6.45) is 3.52. The van der Waals surface area contributed by atoms with Crippen molar-refractivity contribution in [2.24, 2.45) is 0 Å². The fourth-order valence-electron chi connectivity index (χ4n) is 2.41. The van der Waals surface area contributed by atoms with Crippen LogP contribution in [-0.2, 0) is 20.9 Å². The number of ether oxygens (including phenoxy) is 2. The van der Waals surface area contributed by atoms with E-state index in [0.717, 1.165) is 30.7 Å². The summed E-state index contributed by atoms with van der Waals surface area (Å²) in [5.74, 6) is 0.272. The number of esters is 1. The third-order valence-corrected chi connectivity index (χ3v) is 3.60. The number of hydrogen-bond donors (Lipinski definition) is 1. The fourth-order valence-corrected chi connectivity index (χ4v) is 2.41. The molecule has 120 valence electrons. The molecule has 1 saturated heterocycles. The van der Waals surface area contributed by atoms with Crippen molar-refractivity contribution in [2.45, 2.75) is 25.6 Å². The maximum Gasteiger partial charge on any atom is 0.325 e. The molecule has 0 radical (unpaired) electrons. The zero-order chi connectivity index (χ0) is 15.9. The van der Waals surface area contributed by atoms with E-state index in [0.29, 0.717) is 5.82 Å². The van der Waals surface area contributed by atoms with Crippen LogP contribution in [0.1, 0.15) is 30.2 Å². The number of carbonyl (C=O) groups is 1. The van der Waals surface area contributed by atoms with Crippen LogP contribution in [0.15, 0.2) is 42.7 Å². The minimum atomic E-state index is -0.328. The van der Waals surface area contributed by atoms with Crippen LogP contribution in [0.5, 0.6) is 0 Å². The first-order chi connectivity index (χ1) is 11.3. The molecule has 0 amide bonds. The molecule has 2 heterocycles. The van der Waals surface area contributed by atoms with Crippen molar-refractivity contribution in [3.63, 3.8) is 0 Å². The second-order valence-electron chi connectivity index (χ2n) is 5.33. The van der Waals surface area contributed by atoms with E-state index in [-0.39, 0.29) is 25.2 Å². The molecule has 1 aromatic heterocycles. The van der Waals surface area contributed by atoms with Crippen molar-refractivity contribution in [2.75, 3.05) is 18.5 Å². The second-order valence-corrected chi connectivity index (χ2v) is 5.33. The molecule has 1 unspecified atom stereocenters. The summed E-state index contributed by atoms with van der Waals surface area (Å²) in [6, 6.07) is 11.4. The number of hydrogen-bond acceptors (Lipinski definition) is 6. The van der Waals surface area contributed by atoms with Gasteiger partial charge in [-0.2, -0.15) is 0 Å². The van der Waals surface area contributed by atoms with Gasteiger partial charge in [0.05, 0.1) is 11.8 Å². The van der Waals surface area contributed by atoms with Crippen LogP contribution in [0.4, 0.5) is 5.82 Å². The van der Waals surface area contributed by atoms with Gasteiger partial charge in [0.25, 0.3) is 0 Å². The highest BCUT2D eigenvalue weighted by Gasteiger charge is 2.19. The number of rotatable bonds is 6. The smallest absolute Gasteiger partial charge is 0.325 e. The lowest BCUT2D eigenvalue weighted by Crippen LogP contribution is -2.17. The Kier molecular flexibility index (Phi) is 5.16. The maximum atomic E-state index is 11.8. The molecule has 1 aliphatic heterocycles. The molecule has 0 bridgehead atoms. The number of nitrogens with zero attached hydrogens (tertiary/aromatic N) is 2. The van der Waals surface area contributed by atoms with E-state index < -0.39 is 0 Å². The van der Waals surface area contributed by atoms with Crippen molar-refractivity contribution in [1.82, 2.24) is 9.97 Å². The van der Waals surface area contributed by atoms with Crippen LogP contribution in [0.25, 0.3) is 0 Å². The number of aromatic nitrogens is 2. The third kappa shape index (κ3) is 4.50. The molecule has 1 N–H and O–H groups in total. The molecule has 1 fully saturated rings. The molecule has 23 heavy (non-hydrogen) atoms. The highest BCUT2D eigenvalue weighted by atomic mass is 16.5. The van der Waals surface area contributed by atoms with Crippen LogP contribution in [0, 0.1) is 0 Å². The summed E-state index contributed by atoms with van der Waals surface area (Å²) in [4.78, 5) is 20.1. The van der Waals surface area contributed by atoms with Gasteiger partial charge in [0.1, 0.15) is 25.3 Å². The van der Waals surface area contributed by atoms with Crippen LogP contribution in [0.2, 0.25) is 0 Å². The third-order valence-electron chi connectivity index (χ3n) is 3.60. The Morgan fingerprint density at radius 1 is 1.30 bits per heavy atom. The van der Waals surface area contributed by atoms with Crippen LogP contribution in [0.3, 0.4) is 0 Å². The molecular formula is C17H19N3O3. The molecule has 1 atom stereocenters. The molecule has 6 heteroatoms. The van der Waals surface area contributed by atoms with Crippen molar-refractivity contribution >= 4 is 11.8 Å². The van der Waals surface area contributed by atoms with Gasteiger partial charge in [0, 0.05) is 12.7 Å². The van der Waals surface area contributed by atoms with Gasteiger partial charge in [-0.05, 0) is 18.4 Å². The number of carbonyl (C=O) groups excluding carboxylic acids is 1. The lowest BCUT2D eigenvalue weighted by molar-refractivity contribution is -0.142. The monoisotopic (exact) mass is 313 g/mol. The predicted molar refractivity (Wildman–Crippen MR) is 84.7 cm³/mol. The molecule has 3 rings (SSSR count). The van der Waals surface area contributed by atoms with Crippen molar-refractivity contribution < 1.29 is 14.3 Å². The van der Waals surface area contributed by atoms with Gasteiger partial charge in [-0.25, -0.2) is 9.97 Å². The zero-order valence-corrected chi connectivity index (χ0v) is 12.8. The quantitative estimate of drug-likeness (QED) is 0.826. The zero-order valence-electron chi connectivity index (χ0n) is 12.8. The molecule has 6 nitrogen and oxygen atoms in total. The summed E-state index contributed by atoms with van der Waals surface area (Å²) >= 11 is 0. The minimum absolute atomic E-state index is 0.0311. The Morgan fingerprint density at radius 2 is 2.17 bits per heavy atom. The summed E-state index contributed by atoms with van der Waals surface area (Å²) in [7, 11) is 0. The Bertz CT molecular complexity index is 643. The lowest BCUT2D eigenvalue weighted by atomic mass is 10.2. The molecule has 1 aromatic carbocycles. The molecule has 0 aliphatic carbocycles. The van der Waals surface area contributed by atoms with Gasteiger partial charge in [-0.1, -0.05) is 30.3 Å². The molecule has 1 aliphatic rings.